The van der Waals surface area contributed by atoms with Gasteiger partial charge in [-0.25, -0.2) is 13.8 Å². The van der Waals surface area contributed by atoms with Crippen molar-refractivity contribution in [2.75, 3.05) is 26.2 Å². The second-order valence-corrected chi connectivity index (χ2v) is 7.85. The van der Waals surface area contributed by atoms with Crippen LogP contribution in [0, 0.1) is 11.6 Å². The van der Waals surface area contributed by atoms with Gasteiger partial charge < -0.3 is 10.2 Å². The number of carbonyl (C=O) groups excluding carboxylic acids is 1. The molecule has 0 unspecified atom stereocenters. The summed E-state index contributed by atoms with van der Waals surface area (Å²) in [6.45, 7) is 3.01. The zero-order valence-electron chi connectivity index (χ0n) is 17.2. The number of aromatic nitrogens is 3. The van der Waals surface area contributed by atoms with Crippen molar-refractivity contribution in [1.82, 2.24) is 25.4 Å². The van der Waals surface area contributed by atoms with Crippen molar-refractivity contribution in [2.24, 2.45) is 0 Å². The Morgan fingerprint density at radius 3 is 2.59 bits per heavy atom. The number of amides is 1. The summed E-state index contributed by atoms with van der Waals surface area (Å²) in [5, 5.41) is 11.3. The Morgan fingerprint density at radius 2 is 1.81 bits per heavy atom. The zero-order valence-corrected chi connectivity index (χ0v) is 17.2. The van der Waals surface area contributed by atoms with E-state index in [1.165, 1.54) is 6.07 Å². The highest BCUT2D eigenvalue weighted by atomic mass is 19.1. The molecular weight excluding hydrogens is 412 g/mol. The SMILES string of the molecule is O=C(c1ccc(-c2[nH]nc3ncc(Cc4cc(F)ccc4F)cc23)cc1)N1CCNCC1. The minimum atomic E-state index is -0.477. The van der Waals surface area contributed by atoms with E-state index in [9.17, 15) is 13.6 Å². The van der Waals surface area contributed by atoms with Crippen LogP contribution in [0.25, 0.3) is 22.3 Å². The summed E-state index contributed by atoms with van der Waals surface area (Å²) in [4.78, 5) is 18.9. The molecule has 5 rings (SSSR count). The van der Waals surface area contributed by atoms with Crippen LogP contribution in [0.1, 0.15) is 21.5 Å². The van der Waals surface area contributed by atoms with Crippen LogP contribution in [0.2, 0.25) is 0 Å². The molecule has 0 spiro atoms. The maximum Gasteiger partial charge on any atom is 0.253 e. The summed E-state index contributed by atoms with van der Waals surface area (Å²) >= 11 is 0. The molecule has 0 radical (unpaired) electrons. The fraction of sp³-hybridized carbons (Fsp3) is 0.208. The second-order valence-electron chi connectivity index (χ2n) is 7.85. The van der Waals surface area contributed by atoms with E-state index < -0.39 is 11.6 Å². The number of piperazine rings is 1. The van der Waals surface area contributed by atoms with E-state index in [4.69, 9.17) is 0 Å². The number of hydrogen-bond donors (Lipinski definition) is 2. The summed E-state index contributed by atoms with van der Waals surface area (Å²) in [5.74, 6) is -0.910. The first-order valence-electron chi connectivity index (χ1n) is 10.5. The molecule has 1 fully saturated rings. The molecule has 2 aromatic heterocycles. The summed E-state index contributed by atoms with van der Waals surface area (Å²) < 4.78 is 27.6. The van der Waals surface area contributed by atoms with Gasteiger partial charge in [-0.2, -0.15) is 5.10 Å². The topological polar surface area (TPSA) is 73.9 Å². The predicted molar refractivity (Wildman–Crippen MR) is 117 cm³/mol. The van der Waals surface area contributed by atoms with Gasteiger partial charge in [-0.15, -0.1) is 0 Å². The van der Waals surface area contributed by atoms with Gasteiger partial charge in [-0.1, -0.05) is 12.1 Å². The van der Waals surface area contributed by atoms with Gasteiger partial charge >= 0.3 is 0 Å². The van der Waals surface area contributed by atoms with E-state index in [0.29, 0.717) is 24.3 Å². The fourth-order valence-electron chi connectivity index (χ4n) is 3.99. The molecule has 2 N–H and O–H groups in total. The highest BCUT2D eigenvalue weighted by Crippen LogP contribution is 2.27. The summed E-state index contributed by atoms with van der Waals surface area (Å²) in [6.07, 6.45) is 1.84. The Hall–Kier alpha value is -3.65. The highest BCUT2D eigenvalue weighted by molar-refractivity contribution is 5.96. The molecule has 8 heteroatoms. The van der Waals surface area contributed by atoms with Crippen molar-refractivity contribution in [1.29, 1.82) is 0 Å². The molecule has 0 aliphatic carbocycles. The lowest BCUT2D eigenvalue weighted by Crippen LogP contribution is -2.46. The molecule has 0 saturated carbocycles. The van der Waals surface area contributed by atoms with Crippen LogP contribution < -0.4 is 5.32 Å². The van der Waals surface area contributed by atoms with Crippen molar-refractivity contribution < 1.29 is 13.6 Å². The largest absolute Gasteiger partial charge is 0.336 e. The van der Waals surface area contributed by atoms with Crippen molar-refractivity contribution in [3.05, 3.63) is 83.1 Å². The molecule has 6 nitrogen and oxygen atoms in total. The third-order valence-electron chi connectivity index (χ3n) is 5.69. The lowest BCUT2D eigenvalue weighted by molar-refractivity contribution is 0.0736. The first kappa shape index (κ1) is 20.3. The molecule has 3 heterocycles. The van der Waals surface area contributed by atoms with E-state index in [2.05, 4.69) is 20.5 Å². The number of rotatable bonds is 4. The third-order valence-corrected chi connectivity index (χ3v) is 5.69. The summed E-state index contributed by atoms with van der Waals surface area (Å²) in [7, 11) is 0. The van der Waals surface area contributed by atoms with Crippen LogP contribution in [0.15, 0.2) is 54.7 Å². The first-order chi connectivity index (χ1) is 15.6. The lowest BCUT2D eigenvalue weighted by Gasteiger charge is -2.27. The normalized spacial score (nSPS) is 14.1. The average molecular weight is 433 g/mol. The molecular formula is C24H21F2N5O. The summed E-state index contributed by atoms with van der Waals surface area (Å²) in [6, 6.07) is 12.7. The zero-order chi connectivity index (χ0) is 22.1. The molecule has 2 aromatic carbocycles. The van der Waals surface area contributed by atoms with Gasteiger partial charge in [0.2, 0.25) is 0 Å². The number of halogens is 2. The van der Waals surface area contributed by atoms with Gasteiger partial charge in [-0.3, -0.25) is 9.89 Å². The van der Waals surface area contributed by atoms with Crippen LogP contribution in [-0.2, 0) is 6.42 Å². The second kappa shape index (κ2) is 8.47. The first-order valence-corrected chi connectivity index (χ1v) is 10.5. The molecule has 1 saturated heterocycles. The van der Waals surface area contributed by atoms with Crippen LogP contribution in [0.3, 0.4) is 0 Å². The van der Waals surface area contributed by atoms with Gasteiger partial charge in [0, 0.05) is 55.3 Å². The van der Waals surface area contributed by atoms with Gasteiger partial charge in [0.15, 0.2) is 5.65 Å². The van der Waals surface area contributed by atoms with Gasteiger partial charge in [0.1, 0.15) is 11.6 Å². The van der Waals surface area contributed by atoms with E-state index in [-0.39, 0.29) is 17.9 Å². The molecule has 0 atom stereocenters. The minimum Gasteiger partial charge on any atom is -0.336 e. The number of H-pyrrole nitrogens is 1. The number of fused-ring (bicyclic) bond motifs is 1. The Balaban J connectivity index is 1.42. The van der Waals surface area contributed by atoms with E-state index in [0.717, 1.165) is 47.4 Å². The third kappa shape index (κ3) is 3.97. The fourth-order valence-corrected chi connectivity index (χ4v) is 3.99. The minimum absolute atomic E-state index is 0.0218. The molecule has 0 bridgehead atoms. The number of nitrogens with one attached hydrogen (secondary N) is 2. The van der Waals surface area contributed by atoms with Gasteiger partial charge in [0.25, 0.3) is 5.91 Å². The molecule has 1 amide bonds. The predicted octanol–water partition coefficient (Wildman–Crippen LogP) is 3.54. The number of hydrogen-bond acceptors (Lipinski definition) is 4. The van der Waals surface area contributed by atoms with E-state index >= 15 is 0 Å². The average Bonchev–Trinajstić information content (AvgIpc) is 3.25. The lowest BCUT2D eigenvalue weighted by atomic mass is 10.0. The Bertz CT molecular complexity index is 1280. The standard InChI is InChI=1S/C24H21F2N5O/c25-19-5-6-21(26)18(13-19)11-15-12-20-22(29-30-23(20)28-14-15)16-1-3-17(4-2-16)24(32)31-9-7-27-8-10-31/h1-6,12-14,27H,7-11H2,(H,28,29,30). The van der Waals surface area contributed by atoms with Crippen molar-refractivity contribution in [3.63, 3.8) is 0 Å². The summed E-state index contributed by atoms with van der Waals surface area (Å²) in [5.41, 5.74) is 3.81. The molecule has 162 valence electrons. The van der Waals surface area contributed by atoms with Crippen LogP contribution >= 0.6 is 0 Å². The Labute approximate surface area is 183 Å². The molecule has 1 aliphatic heterocycles. The Morgan fingerprint density at radius 1 is 1.03 bits per heavy atom. The van der Waals surface area contributed by atoms with E-state index in [1.807, 2.05) is 35.2 Å². The number of nitrogens with zero attached hydrogens (tertiary/aromatic N) is 3. The highest BCUT2D eigenvalue weighted by Gasteiger charge is 2.18. The number of aromatic amines is 1. The van der Waals surface area contributed by atoms with Crippen LogP contribution in [-0.4, -0.2) is 52.2 Å². The number of benzene rings is 2. The smallest absolute Gasteiger partial charge is 0.253 e. The number of pyridine rings is 1. The maximum atomic E-state index is 14.1. The molecule has 1 aliphatic rings. The number of carbonyl (C=O) groups is 1. The Kier molecular flexibility index (Phi) is 5.36. The van der Waals surface area contributed by atoms with Gasteiger partial charge in [0.05, 0.1) is 5.69 Å². The van der Waals surface area contributed by atoms with Crippen LogP contribution in [0.5, 0.6) is 0 Å². The van der Waals surface area contributed by atoms with Crippen molar-refractivity contribution >= 4 is 16.9 Å². The van der Waals surface area contributed by atoms with Crippen LogP contribution in [0.4, 0.5) is 8.78 Å². The monoisotopic (exact) mass is 433 g/mol. The van der Waals surface area contributed by atoms with Crippen molar-refractivity contribution in [2.45, 2.75) is 6.42 Å². The quantitative estimate of drug-likeness (QED) is 0.516. The maximum absolute atomic E-state index is 14.1. The van der Waals surface area contributed by atoms with Gasteiger partial charge in [-0.05, 0) is 47.5 Å². The molecule has 32 heavy (non-hydrogen) atoms. The van der Waals surface area contributed by atoms with E-state index in [1.54, 1.807) is 6.20 Å². The van der Waals surface area contributed by atoms with Crippen molar-refractivity contribution in [3.8, 4) is 11.3 Å². The molecule has 4 aromatic rings.